The number of carbonyl (C=O) groups is 1. The molecular weight excluding hydrogens is 290 g/mol. The van der Waals surface area contributed by atoms with Gasteiger partial charge in [0.25, 0.3) is 0 Å². The predicted molar refractivity (Wildman–Crippen MR) is 87.4 cm³/mol. The Bertz CT molecular complexity index is 565. The lowest BCUT2D eigenvalue weighted by molar-refractivity contribution is -0.135. The van der Waals surface area contributed by atoms with E-state index < -0.39 is 0 Å². The summed E-state index contributed by atoms with van der Waals surface area (Å²) in [5, 5.41) is 0. The first-order valence-corrected chi connectivity index (χ1v) is 8.65. The number of pyridine rings is 1. The van der Waals surface area contributed by atoms with Crippen LogP contribution in [0.4, 0.5) is 0 Å². The fraction of sp³-hybridized carbons (Fsp3) is 0.647. The van der Waals surface area contributed by atoms with Crippen LogP contribution in [0.1, 0.15) is 31.0 Å². The van der Waals surface area contributed by atoms with Gasteiger partial charge in [0.15, 0.2) is 0 Å². The van der Waals surface area contributed by atoms with Crippen LogP contribution in [0.15, 0.2) is 24.4 Å². The Morgan fingerprint density at radius 1 is 1.26 bits per heavy atom. The fourth-order valence-electron chi connectivity index (χ4n) is 4.31. The number of piperidine rings is 1. The van der Waals surface area contributed by atoms with Crippen molar-refractivity contribution in [2.75, 3.05) is 26.7 Å². The first kappa shape index (κ1) is 15.1. The highest BCUT2D eigenvalue weighted by Crippen LogP contribution is 2.33. The standard InChI is InChI=1S/C17H25N5O/c1-21-10-7-13-12(11-21)16(20-19-13)17(23)22-9-4-6-15(22)14-5-2-3-8-18-14/h2-3,5,8,12-13,15-16,19-20H,4,6-7,9-11H2,1H3. The minimum atomic E-state index is -0.118. The van der Waals surface area contributed by atoms with E-state index in [9.17, 15) is 4.79 Å². The number of amides is 1. The highest BCUT2D eigenvalue weighted by atomic mass is 16.2. The van der Waals surface area contributed by atoms with E-state index in [1.54, 1.807) is 0 Å². The number of likely N-dealkylation sites (tertiary alicyclic amines) is 2. The quantitative estimate of drug-likeness (QED) is 0.834. The first-order valence-electron chi connectivity index (χ1n) is 8.65. The van der Waals surface area contributed by atoms with Crippen molar-refractivity contribution < 1.29 is 4.79 Å². The van der Waals surface area contributed by atoms with Gasteiger partial charge in [-0.2, -0.15) is 0 Å². The third-order valence-corrected chi connectivity index (χ3v) is 5.54. The van der Waals surface area contributed by atoms with Crippen LogP contribution < -0.4 is 10.9 Å². The molecule has 0 aromatic carbocycles. The summed E-state index contributed by atoms with van der Waals surface area (Å²) in [6.45, 7) is 2.91. The Morgan fingerprint density at radius 3 is 3.00 bits per heavy atom. The Labute approximate surface area is 137 Å². The highest BCUT2D eigenvalue weighted by molar-refractivity contribution is 5.83. The lowest BCUT2D eigenvalue weighted by Crippen LogP contribution is -2.50. The number of nitrogens with one attached hydrogen (secondary N) is 2. The van der Waals surface area contributed by atoms with Gasteiger partial charge >= 0.3 is 0 Å². The van der Waals surface area contributed by atoms with Crippen LogP contribution >= 0.6 is 0 Å². The first-order chi connectivity index (χ1) is 11.2. The van der Waals surface area contributed by atoms with Gasteiger partial charge in [-0.25, -0.2) is 5.43 Å². The molecule has 6 nitrogen and oxygen atoms in total. The van der Waals surface area contributed by atoms with Crippen LogP contribution in [-0.2, 0) is 4.79 Å². The molecular formula is C17H25N5O. The second kappa shape index (κ2) is 6.19. The molecule has 4 heterocycles. The van der Waals surface area contributed by atoms with Crippen molar-refractivity contribution in [2.45, 2.75) is 37.4 Å². The molecule has 2 N–H and O–H groups in total. The van der Waals surface area contributed by atoms with E-state index in [0.29, 0.717) is 12.0 Å². The number of hydrazine groups is 1. The van der Waals surface area contributed by atoms with E-state index >= 15 is 0 Å². The predicted octanol–water partition coefficient (Wildman–Crippen LogP) is 0.542. The number of rotatable bonds is 2. The van der Waals surface area contributed by atoms with E-state index in [1.807, 2.05) is 29.3 Å². The van der Waals surface area contributed by atoms with Gasteiger partial charge in [-0.1, -0.05) is 6.07 Å². The number of hydrogen-bond donors (Lipinski definition) is 2. The molecule has 0 radical (unpaired) electrons. The van der Waals surface area contributed by atoms with Gasteiger partial charge in [-0.3, -0.25) is 15.2 Å². The van der Waals surface area contributed by atoms with Gasteiger partial charge in [-0.05, 0) is 45.0 Å². The monoisotopic (exact) mass is 315 g/mol. The smallest absolute Gasteiger partial charge is 0.242 e. The average Bonchev–Trinajstić information content (AvgIpc) is 3.21. The normalized spacial score (nSPS) is 34.6. The summed E-state index contributed by atoms with van der Waals surface area (Å²) in [7, 11) is 2.14. The molecule has 124 valence electrons. The molecule has 3 fully saturated rings. The molecule has 0 bridgehead atoms. The molecule has 1 amide bonds. The van der Waals surface area contributed by atoms with E-state index in [1.165, 1.54) is 0 Å². The summed E-state index contributed by atoms with van der Waals surface area (Å²) < 4.78 is 0. The minimum absolute atomic E-state index is 0.118. The SMILES string of the molecule is CN1CCC2NNC(C(=O)N3CCCC3c3ccccn3)C2C1. The van der Waals surface area contributed by atoms with E-state index in [0.717, 1.165) is 44.6 Å². The number of hydrogen-bond acceptors (Lipinski definition) is 5. The van der Waals surface area contributed by atoms with E-state index in [-0.39, 0.29) is 18.0 Å². The molecule has 3 aliphatic rings. The zero-order chi connectivity index (χ0) is 15.8. The molecule has 1 aromatic rings. The lowest BCUT2D eigenvalue weighted by atomic mass is 9.88. The summed E-state index contributed by atoms with van der Waals surface area (Å²) in [5.41, 5.74) is 7.64. The molecule has 4 unspecified atom stereocenters. The van der Waals surface area contributed by atoms with Crippen molar-refractivity contribution in [2.24, 2.45) is 5.92 Å². The summed E-state index contributed by atoms with van der Waals surface area (Å²) in [6, 6.07) is 6.39. The molecule has 0 aliphatic carbocycles. The Hall–Kier alpha value is -1.50. The largest absolute Gasteiger partial charge is 0.333 e. The number of aromatic nitrogens is 1. The van der Waals surface area contributed by atoms with Crippen LogP contribution in [0.3, 0.4) is 0 Å². The maximum absolute atomic E-state index is 13.2. The highest BCUT2D eigenvalue weighted by Gasteiger charge is 2.45. The van der Waals surface area contributed by atoms with Crippen LogP contribution in [0.2, 0.25) is 0 Å². The topological polar surface area (TPSA) is 60.5 Å². The van der Waals surface area contributed by atoms with Gasteiger partial charge in [0, 0.05) is 31.2 Å². The molecule has 4 rings (SSSR count). The molecule has 3 saturated heterocycles. The van der Waals surface area contributed by atoms with Crippen molar-refractivity contribution in [3.05, 3.63) is 30.1 Å². The summed E-state index contributed by atoms with van der Waals surface area (Å²) >= 11 is 0. The minimum Gasteiger partial charge on any atom is -0.333 e. The second-order valence-electron chi connectivity index (χ2n) is 7.03. The third-order valence-electron chi connectivity index (χ3n) is 5.54. The third kappa shape index (κ3) is 2.75. The maximum atomic E-state index is 13.2. The fourth-order valence-corrected chi connectivity index (χ4v) is 4.31. The van der Waals surface area contributed by atoms with Crippen molar-refractivity contribution in [3.63, 3.8) is 0 Å². The molecule has 0 saturated carbocycles. The van der Waals surface area contributed by atoms with Crippen LogP contribution in [0, 0.1) is 5.92 Å². The van der Waals surface area contributed by atoms with E-state index in [4.69, 9.17) is 0 Å². The maximum Gasteiger partial charge on any atom is 0.242 e. The molecule has 4 atom stereocenters. The average molecular weight is 315 g/mol. The zero-order valence-corrected chi connectivity index (χ0v) is 13.6. The summed E-state index contributed by atoms with van der Waals surface area (Å²) in [5.74, 6) is 0.583. The van der Waals surface area contributed by atoms with Gasteiger partial charge in [-0.15, -0.1) is 0 Å². The van der Waals surface area contributed by atoms with Gasteiger partial charge < -0.3 is 9.80 Å². The van der Waals surface area contributed by atoms with Crippen molar-refractivity contribution in [1.82, 2.24) is 25.6 Å². The van der Waals surface area contributed by atoms with Crippen LogP contribution in [-0.4, -0.2) is 59.5 Å². The van der Waals surface area contributed by atoms with Crippen LogP contribution in [0.25, 0.3) is 0 Å². The molecule has 0 spiro atoms. The van der Waals surface area contributed by atoms with Gasteiger partial charge in [0.05, 0.1) is 11.7 Å². The number of carbonyl (C=O) groups excluding carboxylic acids is 1. The molecule has 1 aromatic heterocycles. The molecule has 3 aliphatic heterocycles. The van der Waals surface area contributed by atoms with Crippen molar-refractivity contribution in [3.8, 4) is 0 Å². The second-order valence-corrected chi connectivity index (χ2v) is 7.03. The summed E-state index contributed by atoms with van der Waals surface area (Å²) in [6.07, 6.45) is 4.98. The van der Waals surface area contributed by atoms with Crippen LogP contribution in [0.5, 0.6) is 0 Å². The number of nitrogens with zero attached hydrogens (tertiary/aromatic N) is 3. The van der Waals surface area contributed by atoms with Gasteiger partial charge in [0.1, 0.15) is 6.04 Å². The Balaban J connectivity index is 1.52. The Morgan fingerprint density at radius 2 is 2.17 bits per heavy atom. The van der Waals surface area contributed by atoms with Gasteiger partial charge in [0.2, 0.25) is 5.91 Å². The van der Waals surface area contributed by atoms with E-state index in [2.05, 4.69) is 27.8 Å². The number of fused-ring (bicyclic) bond motifs is 1. The summed E-state index contributed by atoms with van der Waals surface area (Å²) in [4.78, 5) is 22.0. The van der Waals surface area contributed by atoms with Crippen molar-refractivity contribution >= 4 is 5.91 Å². The molecule has 23 heavy (non-hydrogen) atoms. The zero-order valence-electron chi connectivity index (χ0n) is 13.6. The van der Waals surface area contributed by atoms with Crippen molar-refractivity contribution in [1.29, 1.82) is 0 Å². The Kier molecular flexibility index (Phi) is 4.05. The lowest BCUT2D eigenvalue weighted by Gasteiger charge is -2.35. The molecule has 6 heteroatoms.